The van der Waals surface area contributed by atoms with Crippen LogP contribution >= 0.6 is 0 Å². The van der Waals surface area contributed by atoms with Crippen LogP contribution in [0.2, 0.25) is 0 Å². The summed E-state index contributed by atoms with van der Waals surface area (Å²) in [5, 5.41) is 14.0. The van der Waals surface area contributed by atoms with Crippen molar-refractivity contribution in [1.29, 1.82) is 0 Å². The van der Waals surface area contributed by atoms with Crippen molar-refractivity contribution >= 4 is 34.2 Å². The summed E-state index contributed by atoms with van der Waals surface area (Å²) in [6, 6.07) is 20.3. The van der Waals surface area contributed by atoms with Gasteiger partial charge in [0.2, 0.25) is 0 Å². The summed E-state index contributed by atoms with van der Waals surface area (Å²) in [7, 11) is 0. The minimum absolute atomic E-state index is 0.216. The Bertz CT molecular complexity index is 1300. The maximum atomic E-state index is 12.6. The first-order chi connectivity index (χ1) is 15.1. The molecule has 31 heavy (non-hydrogen) atoms. The van der Waals surface area contributed by atoms with E-state index in [0.29, 0.717) is 29.2 Å². The van der Waals surface area contributed by atoms with Gasteiger partial charge < -0.3 is 15.4 Å². The molecule has 8 heteroatoms. The van der Waals surface area contributed by atoms with Crippen LogP contribution in [0.1, 0.15) is 22.8 Å². The van der Waals surface area contributed by atoms with Gasteiger partial charge in [-0.1, -0.05) is 29.5 Å². The standard InChI is InChI=1S/C23H19N5O3/c1-14-22(29)25-19-12-17(10-11-21(19)31-14)24-23(30)16-8-6-15(7-9-16)13-28-20-5-3-2-4-18(20)26-27-28/h2-12,14H,13H2,1H3,(H,24,30)(H,25,29)/t14-/m0/s1. The molecule has 0 fully saturated rings. The third kappa shape index (κ3) is 3.71. The lowest BCUT2D eigenvalue weighted by Gasteiger charge is -2.23. The Hall–Kier alpha value is -4.20. The van der Waals surface area contributed by atoms with Crippen LogP contribution in [0.3, 0.4) is 0 Å². The Labute approximate surface area is 177 Å². The molecule has 8 nitrogen and oxygen atoms in total. The van der Waals surface area contributed by atoms with Gasteiger partial charge >= 0.3 is 0 Å². The van der Waals surface area contributed by atoms with Crippen LogP contribution in [0.25, 0.3) is 11.0 Å². The number of anilines is 2. The van der Waals surface area contributed by atoms with Gasteiger partial charge in [-0.25, -0.2) is 4.68 Å². The predicted molar refractivity (Wildman–Crippen MR) is 116 cm³/mol. The highest BCUT2D eigenvalue weighted by molar-refractivity contribution is 6.05. The van der Waals surface area contributed by atoms with E-state index in [0.717, 1.165) is 16.6 Å². The molecule has 2 N–H and O–H groups in total. The summed E-state index contributed by atoms with van der Waals surface area (Å²) in [5.74, 6) is 0.121. The zero-order valence-corrected chi connectivity index (χ0v) is 16.7. The lowest BCUT2D eigenvalue weighted by Crippen LogP contribution is -2.34. The summed E-state index contributed by atoms with van der Waals surface area (Å²) in [6.45, 7) is 2.24. The quantitative estimate of drug-likeness (QED) is 0.534. The molecule has 0 saturated carbocycles. The number of hydrogen-bond donors (Lipinski definition) is 2. The lowest BCUT2D eigenvalue weighted by atomic mass is 10.1. The molecule has 3 aromatic carbocycles. The van der Waals surface area contributed by atoms with Gasteiger partial charge in [-0.2, -0.15) is 0 Å². The highest BCUT2D eigenvalue weighted by Crippen LogP contribution is 2.32. The molecule has 0 bridgehead atoms. The summed E-state index contributed by atoms with van der Waals surface area (Å²) >= 11 is 0. The highest BCUT2D eigenvalue weighted by atomic mass is 16.5. The summed E-state index contributed by atoms with van der Waals surface area (Å²) in [4.78, 5) is 24.4. The highest BCUT2D eigenvalue weighted by Gasteiger charge is 2.23. The van der Waals surface area contributed by atoms with Crippen molar-refractivity contribution in [1.82, 2.24) is 15.0 Å². The van der Waals surface area contributed by atoms with Gasteiger partial charge in [0.25, 0.3) is 11.8 Å². The second-order valence-corrected chi connectivity index (χ2v) is 7.35. The third-order valence-corrected chi connectivity index (χ3v) is 5.14. The summed E-state index contributed by atoms with van der Waals surface area (Å²) in [5.41, 5.74) is 4.45. The van der Waals surface area contributed by atoms with E-state index in [1.807, 2.05) is 41.1 Å². The van der Waals surface area contributed by atoms with E-state index in [-0.39, 0.29) is 11.8 Å². The molecule has 2 heterocycles. The van der Waals surface area contributed by atoms with E-state index in [4.69, 9.17) is 4.74 Å². The fourth-order valence-corrected chi connectivity index (χ4v) is 3.46. The first-order valence-corrected chi connectivity index (χ1v) is 9.87. The van der Waals surface area contributed by atoms with Crippen LogP contribution in [-0.4, -0.2) is 32.9 Å². The fraction of sp³-hybridized carbons (Fsp3) is 0.130. The lowest BCUT2D eigenvalue weighted by molar-refractivity contribution is -0.122. The third-order valence-electron chi connectivity index (χ3n) is 5.14. The first-order valence-electron chi connectivity index (χ1n) is 9.87. The Morgan fingerprint density at radius 2 is 1.94 bits per heavy atom. The molecular weight excluding hydrogens is 394 g/mol. The number of carbonyl (C=O) groups is 2. The van der Waals surface area contributed by atoms with Crippen molar-refractivity contribution < 1.29 is 14.3 Å². The second-order valence-electron chi connectivity index (χ2n) is 7.35. The van der Waals surface area contributed by atoms with Gasteiger partial charge in [0.1, 0.15) is 11.3 Å². The number of amides is 2. The molecule has 2 amide bonds. The number of rotatable bonds is 4. The molecule has 0 spiro atoms. The molecule has 5 rings (SSSR count). The smallest absolute Gasteiger partial charge is 0.265 e. The molecule has 154 valence electrons. The number of fused-ring (bicyclic) bond motifs is 2. The Balaban J connectivity index is 1.28. The number of nitrogens with one attached hydrogen (secondary N) is 2. The van der Waals surface area contributed by atoms with Crippen LogP contribution in [0, 0.1) is 0 Å². The number of hydrogen-bond acceptors (Lipinski definition) is 5. The number of benzene rings is 3. The minimum atomic E-state index is -0.540. The zero-order valence-electron chi connectivity index (χ0n) is 16.7. The second kappa shape index (κ2) is 7.56. The largest absolute Gasteiger partial charge is 0.479 e. The van der Waals surface area contributed by atoms with Crippen molar-refractivity contribution in [2.24, 2.45) is 0 Å². The van der Waals surface area contributed by atoms with Crippen LogP contribution < -0.4 is 15.4 Å². The molecule has 1 aromatic heterocycles. The van der Waals surface area contributed by atoms with E-state index in [1.54, 1.807) is 37.3 Å². The van der Waals surface area contributed by atoms with Crippen LogP contribution in [0.15, 0.2) is 66.7 Å². The number of nitrogens with zero attached hydrogens (tertiary/aromatic N) is 3. The monoisotopic (exact) mass is 413 g/mol. The average molecular weight is 413 g/mol. The molecule has 0 aliphatic carbocycles. The van der Waals surface area contributed by atoms with Crippen LogP contribution in [0.5, 0.6) is 5.75 Å². The topological polar surface area (TPSA) is 98.1 Å². The predicted octanol–water partition coefficient (Wildman–Crippen LogP) is 3.45. The molecular formula is C23H19N5O3. The van der Waals surface area contributed by atoms with Gasteiger partial charge in [-0.15, -0.1) is 5.10 Å². The molecule has 0 radical (unpaired) electrons. The normalized spacial score (nSPS) is 15.1. The van der Waals surface area contributed by atoms with E-state index >= 15 is 0 Å². The van der Waals surface area contributed by atoms with Crippen molar-refractivity contribution in [3.63, 3.8) is 0 Å². The molecule has 1 aliphatic rings. The zero-order chi connectivity index (χ0) is 21.4. The van der Waals surface area contributed by atoms with Crippen molar-refractivity contribution in [3.05, 3.63) is 77.9 Å². The maximum Gasteiger partial charge on any atom is 0.265 e. The molecule has 4 aromatic rings. The fourth-order valence-electron chi connectivity index (χ4n) is 3.46. The van der Waals surface area contributed by atoms with Crippen molar-refractivity contribution in [2.75, 3.05) is 10.6 Å². The van der Waals surface area contributed by atoms with E-state index < -0.39 is 6.10 Å². The SMILES string of the molecule is C[C@@H]1Oc2ccc(NC(=O)c3ccc(Cn4nnc5ccccc54)cc3)cc2NC1=O. The minimum Gasteiger partial charge on any atom is -0.479 e. The molecule has 1 atom stereocenters. The molecule has 0 unspecified atom stereocenters. The van der Waals surface area contributed by atoms with Gasteiger partial charge in [0.15, 0.2) is 6.10 Å². The molecule has 1 aliphatic heterocycles. The summed E-state index contributed by atoms with van der Waals surface area (Å²) < 4.78 is 7.36. The average Bonchev–Trinajstić information content (AvgIpc) is 3.18. The number of para-hydroxylation sites is 1. The first kappa shape index (κ1) is 18.8. The van der Waals surface area contributed by atoms with E-state index in [9.17, 15) is 9.59 Å². The summed E-state index contributed by atoms with van der Waals surface area (Å²) in [6.07, 6.45) is -0.540. The van der Waals surface area contributed by atoms with Crippen LogP contribution in [-0.2, 0) is 11.3 Å². The Morgan fingerprint density at radius 1 is 1.13 bits per heavy atom. The van der Waals surface area contributed by atoms with Gasteiger partial charge in [0, 0.05) is 11.3 Å². The van der Waals surface area contributed by atoms with E-state index in [1.165, 1.54) is 0 Å². The van der Waals surface area contributed by atoms with Crippen molar-refractivity contribution in [2.45, 2.75) is 19.6 Å². The van der Waals surface area contributed by atoms with Crippen LogP contribution in [0.4, 0.5) is 11.4 Å². The van der Waals surface area contributed by atoms with Crippen molar-refractivity contribution in [3.8, 4) is 5.75 Å². The number of ether oxygens (including phenoxy) is 1. The van der Waals surface area contributed by atoms with Gasteiger partial charge in [-0.05, 0) is 55.0 Å². The number of carbonyl (C=O) groups excluding carboxylic acids is 2. The maximum absolute atomic E-state index is 12.6. The number of aromatic nitrogens is 3. The molecule has 0 saturated heterocycles. The Kier molecular flexibility index (Phi) is 4.59. The van der Waals surface area contributed by atoms with Gasteiger partial charge in [0.05, 0.1) is 17.7 Å². The Morgan fingerprint density at radius 3 is 2.77 bits per heavy atom. The van der Waals surface area contributed by atoms with Gasteiger partial charge in [-0.3, -0.25) is 9.59 Å². The van der Waals surface area contributed by atoms with E-state index in [2.05, 4.69) is 20.9 Å².